The van der Waals surface area contributed by atoms with Crippen LogP contribution in [-0.2, 0) is 9.59 Å². The van der Waals surface area contributed by atoms with E-state index in [1.54, 1.807) is 29.2 Å². The molecule has 0 spiro atoms. The molecule has 0 radical (unpaired) electrons. The SMILES string of the molecule is CCOc1ccccc1NC(=O)C1CC(=O)N(c2cc(OC)c(OC)c(OC)c2)C1. The Labute approximate surface area is 175 Å². The molecule has 3 rings (SSSR count). The van der Waals surface area contributed by atoms with Gasteiger partial charge in [-0.05, 0) is 19.1 Å². The number of hydrogen-bond acceptors (Lipinski definition) is 6. The Morgan fingerprint density at radius 2 is 1.73 bits per heavy atom. The molecule has 1 unspecified atom stereocenters. The zero-order valence-corrected chi connectivity index (χ0v) is 17.6. The molecule has 1 aliphatic rings. The zero-order valence-electron chi connectivity index (χ0n) is 17.6. The second kappa shape index (κ2) is 9.39. The molecule has 0 aliphatic carbocycles. The van der Waals surface area contributed by atoms with E-state index in [4.69, 9.17) is 18.9 Å². The van der Waals surface area contributed by atoms with Crippen molar-refractivity contribution < 1.29 is 28.5 Å². The highest BCUT2D eigenvalue weighted by Crippen LogP contribution is 2.42. The van der Waals surface area contributed by atoms with Gasteiger partial charge < -0.3 is 29.2 Å². The van der Waals surface area contributed by atoms with Crippen molar-refractivity contribution in [1.82, 2.24) is 0 Å². The number of para-hydroxylation sites is 2. The summed E-state index contributed by atoms with van der Waals surface area (Å²) in [5.74, 6) is 1.05. The Balaban J connectivity index is 1.79. The summed E-state index contributed by atoms with van der Waals surface area (Å²) >= 11 is 0. The van der Waals surface area contributed by atoms with Gasteiger partial charge in [0.2, 0.25) is 17.6 Å². The van der Waals surface area contributed by atoms with Gasteiger partial charge in [0.25, 0.3) is 0 Å². The van der Waals surface area contributed by atoms with Gasteiger partial charge in [-0.25, -0.2) is 0 Å². The highest BCUT2D eigenvalue weighted by atomic mass is 16.5. The molecule has 0 aromatic heterocycles. The van der Waals surface area contributed by atoms with Crippen LogP contribution in [0, 0.1) is 5.92 Å². The summed E-state index contributed by atoms with van der Waals surface area (Å²) < 4.78 is 21.6. The van der Waals surface area contributed by atoms with Gasteiger partial charge in [-0.1, -0.05) is 12.1 Å². The normalized spacial score (nSPS) is 15.7. The molecule has 1 aliphatic heterocycles. The number of benzene rings is 2. The standard InChI is InChI=1S/C22H26N2O6/c1-5-30-17-9-7-6-8-16(17)23-22(26)14-10-20(25)24(13-14)15-11-18(27-2)21(29-4)19(12-15)28-3/h6-9,11-12,14H,5,10,13H2,1-4H3,(H,23,26). The minimum absolute atomic E-state index is 0.110. The second-order valence-electron chi connectivity index (χ2n) is 6.71. The molecular weight excluding hydrogens is 388 g/mol. The minimum Gasteiger partial charge on any atom is -0.493 e. The molecule has 8 heteroatoms. The van der Waals surface area contributed by atoms with Gasteiger partial charge in [0, 0.05) is 25.1 Å². The van der Waals surface area contributed by atoms with Crippen molar-refractivity contribution in [2.75, 3.05) is 44.7 Å². The average Bonchev–Trinajstić information content (AvgIpc) is 3.16. The quantitative estimate of drug-likeness (QED) is 0.714. The highest BCUT2D eigenvalue weighted by Gasteiger charge is 2.36. The molecule has 1 N–H and O–H groups in total. The molecule has 160 valence electrons. The lowest BCUT2D eigenvalue weighted by molar-refractivity contribution is -0.122. The van der Waals surface area contributed by atoms with E-state index >= 15 is 0 Å². The first-order valence-electron chi connectivity index (χ1n) is 9.65. The lowest BCUT2D eigenvalue weighted by Gasteiger charge is -2.20. The van der Waals surface area contributed by atoms with Crippen molar-refractivity contribution in [1.29, 1.82) is 0 Å². The molecule has 2 aromatic carbocycles. The van der Waals surface area contributed by atoms with Crippen LogP contribution >= 0.6 is 0 Å². The lowest BCUT2D eigenvalue weighted by atomic mass is 10.1. The summed E-state index contributed by atoms with van der Waals surface area (Å²) in [6, 6.07) is 10.6. The van der Waals surface area contributed by atoms with E-state index in [1.807, 2.05) is 19.1 Å². The first kappa shape index (κ1) is 21.3. The summed E-state index contributed by atoms with van der Waals surface area (Å²) in [7, 11) is 4.54. The Morgan fingerprint density at radius 1 is 1.07 bits per heavy atom. The molecule has 0 bridgehead atoms. The Kier molecular flexibility index (Phi) is 6.66. The number of carbonyl (C=O) groups is 2. The molecule has 1 fully saturated rings. The number of amides is 2. The third kappa shape index (κ3) is 4.27. The van der Waals surface area contributed by atoms with Crippen LogP contribution in [0.1, 0.15) is 13.3 Å². The van der Waals surface area contributed by atoms with Gasteiger partial charge >= 0.3 is 0 Å². The van der Waals surface area contributed by atoms with E-state index in [0.717, 1.165) is 0 Å². The van der Waals surface area contributed by atoms with Gasteiger partial charge in [0.05, 0.1) is 45.2 Å². The Bertz CT molecular complexity index is 905. The first-order chi connectivity index (χ1) is 14.5. The molecule has 8 nitrogen and oxygen atoms in total. The maximum Gasteiger partial charge on any atom is 0.229 e. The third-order valence-corrected chi connectivity index (χ3v) is 4.90. The number of nitrogens with one attached hydrogen (secondary N) is 1. The summed E-state index contributed by atoms with van der Waals surface area (Å²) in [4.78, 5) is 27.1. The molecule has 1 saturated heterocycles. The van der Waals surface area contributed by atoms with E-state index in [0.29, 0.717) is 41.0 Å². The van der Waals surface area contributed by atoms with E-state index in [9.17, 15) is 9.59 Å². The Morgan fingerprint density at radius 3 is 2.33 bits per heavy atom. The maximum atomic E-state index is 12.8. The Hall–Kier alpha value is -3.42. The number of hydrogen-bond donors (Lipinski definition) is 1. The molecule has 1 atom stereocenters. The summed E-state index contributed by atoms with van der Waals surface area (Å²) in [5.41, 5.74) is 1.17. The number of ether oxygens (including phenoxy) is 4. The number of nitrogens with zero attached hydrogens (tertiary/aromatic N) is 1. The van der Waals surface area contributed by atoms with E-state index in [-0.39, 0.29) is 24.8 Å². The smallest absolute Gasteiger partial charge is 0.229 e. The van der Waals surface area contributed by atoms with E-state index in [2.05, 4.69) is 5.32 Å². The predicted octanol–water partition coefficient (Wildman–Crippen LogP) is 3.10. The summed E-state index contributed by atoms with van der Waals surface area (Å²) in [6.45, 7) is 2.62. The van der Waals surface area contributed by atoms with Gasteiger partial charge in [0.15, 0.2) is 11.5 Å². The zero-order chi connectivity index (χ0) is 21.7. The molecular formula is C22H26N2O6. The van der Waals surface area contributed by atoms with Crippen LogP contribution in [0.4, 0.5) is 11.4 Å². The molecule has 0 saturated carbocycles. The van der Waals surface area contributed by atoms with Crippen molar-refractivity contribution >= 4 is 23.2 Å². The highest BCUT2D eigenvalue weighted by molar-refractivity contribution is 6.04. The van der Waals surface area contributed by atoms with Crippen LogP contribution in [0.2, 0.25) is 0 Å². The third-order valence-electron chi connectivity index (χ3n) is 4.90. The van der Waals surface area contributed by atoms with Gasteiger partial charge in [0.1, 0.15) is 5.75 Å². The lowest BCUT2D eigenvalue weighted by Crippen LogP contribution is -2.28. The van der Waals surface area contributed by atoms with Crippen LogP contribution in [-0.4, -0.2) is 46.3 Å². The molecule has 2 aromatic rings. The van der Waals surface area contributed by atoms with Crippen LogP contribution in [0.25, 0.3) is 0 Å². The maximum absolute atomic E-state index is 12.8. The predicted molar refractivity (Wildman–Crippen MR) is 113 cm³/mol. The molecule has 2 amide bonds. The van der Waals surface area contributed by atoms with Gasteiger partial charge in [-0.15, -0.1) is 0 Å². The molecule has 1 heterocycles. The van der Waals surface area contributed by atoms with Crippen molar-refractivity contribution in [2.45, 2.75) is 13.3 Å². The van der Waals surface area contributed by atoms with Crippen LogP contribution in [0.5, 0.6) is 23.0 Å². The van der Waals surface area contributed by atoms with Gasteiger partial charge in [-0.3, -0.25) is 9.59 Å². The fraction of sp³-hybridized carbons (Fsp3) is 0.364. The average molecular weight is 414 g/mol. The van der Waals surface area contributed by atoms with Crippen molar-refractivity contribution in [3.8, 4) is 23.0 Å². The first-order valence-corrected chi connectivity index (χ1v) is 9.65. The minimum atomic E-state index is -0.494. The summed E-state index contributed by atoms with van der Waals surface area (Å²) in [6.07, 6.45) is 0.110. The topological polar surface area (TPSA) is 86.3 Å². The van der Waals surface area contributed by atoms with Crippen molar-refractivity contribution in [3.05, 3.63) is 36.4 Å². The number of anilines is 2. The van der Waals surface area contributed by atoms with Gasteiger partial charge in [-0.2, -0.15) is 0 Å². The second-order valence-corrected chi connectivity index (χ2v) is 6.71. The fourth-order valence-electron chi connectivity index (χ4n) is 3.44. The van der Waals surface area contributed by atoms with Crippen molar-refractivity contribution in [3.63, 3.8) is 0 Å². The van der Waals surface area contributed by atoms with E-state index < -0.39 is 5.92 Å². The van der Waals surface area contributed by atoms with Crippen LogP contribution in [0.15, 0.2) is 36.4 Å². The van der Waals surface area contributed by atoms with Crippen LogP contribution in [0.3, 0.4) is 0 Å². The number of rotatable bonds is 8. The summed E-state index contributed by atoms with van der Waals surface area (Å²) in [5, 5.41) is 2.88. The number of carbonyl (C=O) groups excluding carboxylic acids is 2. The molecule has 30 heavy (non-hydrogen) atoms. The largest absolute Gasteiger partial charge is 0.493 e. The number of methoxy groups -OCH3 is 3. The monoisotopic (exact) mass is 414 g/mol. The van der Waals surface area contributed by atoms with E-state index in [1.165, 1.54) is 21.3 Å². The van der Waals surface area contributed by atoms with Crippen molar-refractivity contribution in [2.24, 2.45) is 5.92 Å². The fourth-order valence-corrected chi connectivity index (χ4v) is 3.44. The van der Waals surface area contributed by atoms with Crippen LogP contribution < -0.4 is 29.2 Å².